The number of piperidine rings is 1. The Morgan fingerprint density at radius 1 is 1.18 bits per heavy atom. The van der Waals surface area contributed by atoms with Gasteiger partial charge in [0, 0.05) is 50.2 Å². The Hall–Kier alpha value is -2.28. The molecule has 0 aromatic heterocycles. The Labute approximate surface area is 164 Å². The minimum absolute atomic E-state index is 0.0152. The van der Waals surface area contributed by atoms with Crippen LogP contribution in [0.3, 0.4) is 0 Å². The van der Waals surface area contributed by atoms with Gasteiger partial charge >= 0.3 is 0 Å². The highest BCUT2D eigenvalue weighted by atomic mass is 16.7. The summed E-state index contributed by atoms with van der Waals surface area (Å²) in [7, 11) is 0. The predicted molar refractivity (Wildman–Crippen MR) is 100 cm³/mol. The monoisotopic (exact) mass is 386 g/mol. The highest BCUT2D eigenvalue weighted by Gasteiger charge is 2.46. The summed E-state index contributed by atoms with van der Waals surface area (Å²) in [5, 5.41) is 0. The first-order chi connectivity index (χ1) is 13.6. The van der Waals surface area contributed by atoms with Gasteiger partial charge in [-0.05, 0) is 43.9 Å². The number of carbonyl (C=O) groups excluding carboxylic acids is 2. The zero-order valence-corrected chi connectivity index (χ0v) is 16.0. The fraction of sp³-hybridized carbons (Fsp3) is 0.619. The standard InChI is InChI=1S/C21H26N2O5/c24-19-11-21(13-23(19)12-16-2-1-9-26-16)5-7-22(8-6-21)20(25)15-3-4-17-18(10-15)28-14-27-17/h3-4,10,16H,1-2,5-9,11-14H2/t16-/m1/s1. The quantitative estimate of drug-likeness (QED) is 0.795. The Bertz CT molecular complexity index is 781. The molecule has 1 spiro atoms. The molecule has 1 aromatic rings. The molecule has 150 valence electrons. The molecular weight excluding hydrogens is 360 g/mol. The number of benzene rings is 1. The van der Waals surface area contributed by atoms with E-state index in [1.54, 1.807) is 18.2 Å². The van der Waals surface area contributed by atoms with Gasteiger partial charge < -0.3 is 24.0 Å². The van der Waals surface area contributed by atoms with Crippen molar-refractivity contribution in [3.8, 4) is 11.5 Å². The average Bonchev–Trinajstić information content (AvgIpc) is 3.43. The molecule has 4 aliphatic rings. The first kappa shape index (κ1) is 17.8. The molecule has 0 bridgehead atoms. The number of hydrogen-bond donors (Lipinski definition) is 0. The third-order valence-corrected chi connectivity index (χ3v) is 6.58. The Kier molecular flexibility index (Phi) is 4.42. The molecule has 0 aliphatic carbocycles. The van der Waals surface area contributed by atoms with Gasteiger partial charge in [-0.15, -0.1) is 0 Å². The second-order valence-corrected chi connectivity index (χ2v) is 8.45. The molecule has 0 saturated carbocycles. The van der Waals surface area contributed by atoms with Crippen LogP contribution in [0.1, 0.15) is 42.5 Å². The van der Waals surface area contributed by atoms with E-state index >= 15 is 0 Å². The number of carbonyl (C=O) groups is 2. The zero-order valence-electron chi connectivity index (χ0n) is 16.0. The molecule has 0 N–H and O–H groups in total. The number of amides is 2. The first-order valence-corrected chi connectivity index (χ1v) is 10.2. The van der Waals surface area contributed by atoms with E-state index in [4.69, 9.17) is 14.2 Å². The molecule has 4 heterocycles. The summed E-state index contributed by atoms with van der Waals surface area (Å²) in [6.07, 6.45) is 4.69. The molecule has 2 amide bonds. The van der Waals surface area contributed by atoms with E-state index in [1.165, 1.54) is 0 Å². The molecule has 4 aliphatic heterocycles. The largest absolute Gasteiger partial charge is 0.454 e. The fourth-order valence-corrected chi connectivity index (χ4v) is 4.91. The Balaban J connectivity index is 1.20. The van der Waals surface area contributed by atoms with Crippen molar-refractivity contribution in [1.82, 2.24) is 9.80 Å². The van der Waals surface area contributed by atoms with E-state index in [9.17, 15) is 9.59 Å². The number of hydrogen-bond acceptors (Lipinski definition) is 5. The summed E-state index contributed by atoms with van der Waals surface area (Å²) in [5.74, 6) is 1.58. The predicted octanol–water partition coefficient (Wildman–Crippen LogP) is 2.05. The lowest BCUT2D eigenvalue weighted by molar-refractivity contribution is -0.129. The third kappa shape index (κ3) is 3.21. The highest BCUT2D eigenvalue weighted by molar-refractivity contribution is 5.95. The summed E-state index contributed by atoms with van der Waals surface area (Å²) in [4.78, 5) is 29.3. The van der Waals surface area contributed by atoms with Gasteiger partial charge in [0.15, 0.2) is 11.5 Å². The maximum atomic E-state index is 12.9. The van der Waals surface area contributed by atoms with Crippen LogP contribution in [-0.2, 0) is 9.53 Å². The zero-order chi connectivity index (χ0) is 19.1. The summed E-state index contributed by atoms with van der Waals surface area (Å²) in [6, 6.07) is 5.35. The molecule has 0 radical (unpaired) electrons. The van der Waals surface area contributed by atoms with Crippen molar-refractivity contribution >= 4 is 11.8 Å². The second-order valence-electron chi connectivity index (χ2n) is 8.45. The molecular formula is C21H26N2O5. The van der Waals surface area contributed by atoms with E-state index < -0.39 is 0 Å². The van der Waals surface area contributed by atoms with Gasteiger partial charge in [0.25, 0.3) is 5.91 Å². The van der Waals surface area contributed by atoms with Crippen LogP contribution in [0.2, 0.25) is 0 Å². The van der Waals surface area contributed by atoms with Crippen molar-refractivity contribution in [3.05, 3.63) is 23.8 Å². The lowest BCUT2D eigenvalue weighted by Crippen LogP contribution is -2.44. The summed E-state index contributed by atoms with van der Waals surface area (Å²) in [5.41, 5.74) is 0.643. The van der Waals surface area contributed by atoms with Gasteiger partial charge in [-0.2, -0.15) is 0 Å². The van der Waals surface area contributed by atoms with Crippen molar-refractivity contribution in [3.63, 3.8) is 0 Å². The third-order valence-electron chi connectivity index (χ3n) is 6.58. The van der Waals surface area contributed by atoms with E-state index in [-0.39, 0.29) is 30.1 Å². The number of likely N-dealkylation sites (tertiary alicyclic amines) is 2. The number of ether oxygens (including phenoxy) is 3. The highest BCUT2D eigenvalue weighted by Crippen LogP contribution is 2.42. The molecule has 5 rings (SSSR count). The van der Waals surface area contributed by atoms with Crippen molar-refractivity contribution in [2.24, 2.45) is 5.41 Å². The van der Waals surface area contributed by atoms with Crippen LogP contribution in [-0.4, -0.2) is 67.3 Å². The molecule has 1 aromatic carbocycles. The first-order valence-electron chi connectivity index (χ1n) is 10.2. The molecule has 28 heavy (non-hydrogen) atoms. The molecule has 1 atom stereocenters. The van der Waals surface area contributed by atoms with Crippen LogP contribution in [0.5, 0.6) is 11.5 Å². The molecule has 0 unspecified atom stereocenters. The number of nitrogens with zero attached hydrogens (tertiary/aromatic N) is 2. The molecule has 3 saturated heterocycles. The van der Waals surface area contributed by atoms with Crippen molar-refractivity contribution in [2.75, 3.05) is 39.6 Å². The summed E-state index contributed by atoms with van der Waals surface area (Å²) in [6.45, 7) is 3.92. The van der Waals surface area contributed by atoms with E-state index in [0.29, 0.717) is 36.6 Å². The van der Waals surface area contributed by atoms with Gasteiger partial charge in [-0.25, -0.2) is 0 Å². The number of fused-ring (bicyclic) bond motifs is 1. The summed E-state index contributed by atoms with van der Waals surface area (Å²) >= 11 is 0. The maximum Gasteiger partial charge on any atom is 0.253 e. The lowest BCUT2D eigenvalue weighted by Gasteiger charge is -2.39. The van der Waals surface area contributed by atoms with E-state index in [2.05, 4.69) is 0 Å². The van der Waals surface area contributed by atoms with Crippen LogP contribution >= 0.6 is 0 Å². The van der Waals surface area contributed by atoms with Gasteiger partial charge in [0.1, 0.15) is 0 Å². The van der Waals surface area contributed by atoms with Gasteiger partial charge in [0.2, 0.25) is 12.7 Å². The molecule has 7 nitrogen and oxygen atoms in total. The van der Waals surface area contributed by atoms with E-state index in [0.717, 1.165) is 45.4 Å². The SMILES string of the molecule is O=C1CC2(CCN(C(=O)c3ccc4c(c3)OCO4)CC2)CN1C[C@H]1CCCO1. The Morgan fingerprint density at radius 3 is 2.79 bits per heavy atom. The minimum Gasteiger partial charge on any atom is -0.454 e. The summed E-state index contributed by atoms with van der Waals surface area (Å²) < 4.78 is 16.4. The minimum atomic E-state index is 0.0152. The van der Waals surface area contributed by atoms with Crippen molar-refractivity contribution in [2.45, 2.75) is 38.2 Å². The Morgan fingerprint density at radius 2 is 2.00 bits per heavy atom. The maximum absolute atomic E-state index is 12.9. The average molecular weight is 386 g/mol. The molecule has 7 heteroatoms. The van der Waals surface area contributed by atoms with Crippen LogP contribution in [0.25, 0.3) is 0 Å². The second kappa shape index (κ2) is 6.95. The van der Waals surface area contributed by atoms with Gasteiger partial charge in [0.05, 0.1) is 6.10 Å². The van der Waals surface area contributed by atoms with Crippen LogP contribution in [0.4, 0.5) is 0 Å². The lowest BCUT2D eigenvalue weighted by atomic mass is 9.77. The van der Waals surface area contributed by atoms with Crippen LogP contribution in [0.15, 0.2) is 18.2 Å². The number of rotatable bonds is 3. The van der Waals surface area contributed by atoms with Crippen molar-refractivity contribution in [1.29, 1.82) is 0 Å². The topological polar surface area (TPSA) is 68.3 Å². The fourth-order valence-electron chi connectivity index (χ4n) is 4.91. The van der Waals surface area contributed by atoms with Crippen LogP contribution < -0.4 is 9.47 Å². The van der Waals surface area contributed by atoms with E-state index in [1.807, 2.05) is 9.80 Å². The molecule has 3 fully saturated rings. The smallest absolute Gasteiger partial charge is 0.253 e. The van der Waals surface area contributed by atoms with Gasteiger partial charge in [-0.1, -0.05) is 0 Å². The van der Waals surface area contributed by atoms with Crippen LogP contribution in [0, 0.1) is 5.41 Å². The van der Waals surface area contributed by atoms with Crippen molar-refractivity contribution < 1.29 is 23.8 Å². The normalized spacial score (nSPS) is 25.7. The van der Waals surface area contributed by atoms with Gasteiger partial charge in [-0.3, -0.25) is 9.59 Å².